The maximum absolute atomic E-state index is 12.4. The Labute approximate surface area is 126 Å². The Morgan fingerprint density at radius 2 is 2.14 bits per heavy atom. The lowest BCUT2D eigenvalue weighted by molar-refractivity contribution is -0.159. The van der Waals surface area contributed by atoms with Crippen molar-refractivity contribution in [2.24, 2.45) is 0 Å². The summed E-state index contributed by atoms with van der Waals surface area (Å²) >= 11 is 5.81. The van der Waals surface area contributed by atoms with Crippen LogP contribution in [-0.4, -0.2) is 21.2 Å². The summed E-state index contributed by atoms with van der Waals surface area (Å²) in [7, 11) is 0. The number of halogens is 4. The summed E-state index contributed by atoms with van der Waals surface area (Å²) in [5.74, 6) is -2.72. The SMILES string of the molecule is CC(NC(=O)c1cc(O)ccc1Cl)c1noc(C(F)(F)F)n1. The summed E-state index contributed by atoms with van der Waals surface area (Å²) < 4.78 is 41.2. The van der Waals surface area contributed by atoms with Gasteiger partial charge in [-0.1, -0.05) is 16.8 Å². The quantitative estimate of drug-likeness (QED) is 0.900. The summed E-state index contributed by atoms with van der Waals surface area (Å²) in [6, 6.07) is 2.77. The molecule has 1 aromatic carbocycles. The van der Waals surface area contributed by atoms with Crippen LogP contribution in [0.15, 0.2) is 22.7 Å². The molecule has 0 saturated carbocycles. The van der Waals surface area contributed by atoms with Crippen molar-refractivity contribution >= 4 is 17.5 Å². The van der Waals surface area contributed by atoms with E-state index < -0.39 is 24.0 Å². The second-order valence-corrected chi connectivity index (χ2v) is 4.72. The number of phenols is 1. The van der Waals surface area contributed by atoms with Gasteiger partial charge in [0, 0.05) is 0 Å². The third-order valence-electron chi connectivity index (χ3n) is 2.61. The van der Waals surface area contributed by atoms with Gasteiger partial charge in [-0.3, -0.25) is 4.79 Å². The van der Waals surface area contributed by atoms with E-state index in [1.54, 1.807) is 0 Å². The predicted octanol–water partition coefficient (Wildman–Crippen LogP) is 2.94. The highest BCUT2D eigenvalue weighted by Gasteiger charge is 2.39. The minimum atomic E-state index is -4.76. The van der Waals surface area contributed by atoms with Gasteiger partial charge < -0.3 is 14.9 Å². The standard InChI is InChI=1S/C12H9ClF3N3O3/c1-5(9-18-11(22-19-9)12(14,15)16)17-10(21)7-4-6(20)2-3-8(7)13/h2-5,20H,1H3,(H,17,21). The van der Waals surface area contributed by atoms with Gasteiger partial charge in [-0.25, -0.2) is 0 Å². The average molecular weight is 336 g/mol. The molecule has 0 radical (unpaired) electrons. The number of hydrogen-bond donors (Lipinski definition) is 2. The zero-order valence-electron chi connectivity index (χ0n) is 11.0. The molecule has 6 nitrogen and oxygen atoms in total. The van der Waals surface area contributed by atoms with Crippen molar-refractivity contribution in [3.63, 3.8) is 0 Å². The summed E-state index contributed by atoms with van der Waals surface area (Å²) in [6.07, 6.45) is -4.76. The van der Waals surface area contributed by atoms with Crippen LogP contribution in [0.3, 0.4) is 0 Å². The monoisotopic (exact) mass is 335 g/mol. The number of nitrogens with one attached hydrogen (secondary N) is 1. The van der Waals surface area contributed by atoms with Crippen LogP contribution >= 0.6 is 11.6 Å². The molecule has 10 heteroatoms. The molecule has 22 heavy (non-hydrogen) atoms. The lowest BCUT2D eigenvalue weighted by atomic mass is 10.2. The van der Waals surface area contributed by atoms with E-state index in [9.17, 15) is 23.1 Å². The van der Waals surface area contributed by atoms with Gasteiger partial charge in [-0.05, 0) is 25.1 Å². The Morgan fingerprint density at radius 3 is 2.73 bits per heavy atom. The van der Waals surface area contributed by atoms with Crippen molar-refractivity contribution in [3.05, 3.63) is 40.5 Å². The van der Waals surface area contributed by atoms with E-state index in [-0.39, 0.29) is 22.2 Å². The number of carbonyl (C=O) groups is 1. The lowest BCUT2D eigenvalue weighted by Gasteiger charge is -2.11. The van der Waals surface area contributed by atoms with E-state index in [1.165, 1.54) is 19.1 Å². The summed E-state index contributed by atoms with van der Waals surface area (Å²) in [4.78, 5) is 15.2. The van der Waals surface area contributed by atoms with Crippen LogP contribution in [0.4, 0.5) is 13.2 Å². The molecule has 1 atom stereocenters. The molecular formula is C12H9ClF3N3O3. The number of phenolic OH excluding ortho intramolecular Hbond substituents is 1. The highest BCUT2D eigenvalue weighted by molar-refractivity contribution is 6.33. The summed E-state index contributed by atoms with van der Waals surface area (Å²) in [5.41, 5.74) is -0.0342. The summed E-state index contributed by atoms with van der Waals surface area (Å²) in [5, 5.41) is 14.9. The highest BCUT2D eigenvalue weighted by Crippen LogP contribution is 2.28. The van der Waals surface area contributed by atoms with E-state index in [0.717, 1.165) is 6.07 Å². The molecule has 0 saturated heterocycles. The molecule has 0 spiro atoms. The minimum Gasteiger partial charge on any atom is -0.508 e. The van der Waals surface area contributed by atoms with Crippen molar-refractivity contribution in [2.75, 3.05) is 0 Å². The normalized spacial score (nSPS) is 13.0. The number of hydrogen-bond acceptors (Lipinski definition) is 5. The third kappa shape index (κ3) is 3.48. The largest absolute Gasteiger partial charge is 0.508 e. The predicted molar refractivity (Wildman–Crippen MR) is 68.3 cm³/mol. The maximum Gasteiger partial charge on any atom is 0.471 e. The van der Waals surface area contributed by atoms with Gasteiger partial charge in [0.1, 0.15) is 5.75 Å². The number of aromatic hydroxyl groups is 1. The molecule has 2 N–H and O–H groups in total. The second-order valence-electron chi connectivity index (χ2n) is 4.31. The Balaban J connectivity index is 2.14. The van der Waals surface area contributed by atoms with Crippen LogP contribution in [0, 0.1) is 0 Å². The topological polar surface area (TPSA) is 88.2 Å². The van der Waals surface area contributed by atoms with E-state index in [0.29, 0.717) is 0 Å². The highest BCUT2D eigenvalue weighted by atomic mass is 35.5. The van der Waals surface area contributed by atoms with Crippen LogP contribution in [0.25, 0.3) is 0 Å². The van der Waals surface area contributed by atoms with Crippen LogP contribution in [0.2, 0.25) is 5.02 Å². The van der Waals surface area contributed by atoms with Gasteiger partial charge in [-0.2, -0.15) is 18.2 Å². The van der Waals surface area contributed by atoms with Crippen molar-refractivity contribution in [3.8, 4) is 5.75 Å². The molecule has 2 aromatic rings. The van der Waals surface area contributed by atoms with Gasteiger partial charge in [0.2, 0.25) is 0 Å². The maximum atomic E-state index is 12.4. The molecule has 2 rings (SSSR count). The van der Waals surface area contributed by atoms with Gasteiger partial charge >= 0.3 is 12.1 Å². The smallest absolute Gasteiger partial charge is 0.471 e. The third-order valence-corrected chi connectivity index (χ3v) is 2.94. The van der Waals surface area contributed by atoms with Gasteiger partial charge in [-0.15, -0.1) is 0 Å². The van der Waals surface area contributed by atoms with Crippen LogP contribution in [0.1, 0.15) is 35.0 Å². The number of alkyl halides is 3. The van der Waals surface area contributed by atoms with E-state index >= 15 is 0 Å². The first-order valence-corrected chi connectivity index (χ1v) is 6.26. The van der Waals surface area contributed by atoms with Crippen molar-refractivity contribution < 1.29 is 27.6 Å². The molecule has 0 aliphatic rings. The van der Waals surface area contributed by atoms with E-state index in [4.69, 9.17) is 11.6 Å². The molecule has 118 valence electrons. The molecule has 1 aromatic heterocycles. The molecule has 0 aliphatic carbocycles. The van der Waals surface area contributed by atoms with Crippen molar-refractivity contribution in [2.45, 2.75) is 19.1 Å². The van der Waals surface area contributed by atoms with Crippen LogP contribution < -0.4 is 5.32 Å². The number of rotatable bonds is 3. The number of amides is 1. The first-order chi connectivity index (χ1) is 10.2. The lowest BCUT2D eigenvalue weighted by Crippen LogP contribution is -2.27. The Morgan fingerprint density at radius 1 is 1.45 bits per heavy atom. The average Bonchev–Trinajstić information content (AvgIpc) is 2.91. The zero-order chi connectivity index (χ0) is 16.5. The van der Waals surface area contributed by atoms with E-state index in [1.807, 2.05) is 0 Å². The molecule has 0 fully saturated rings. The van der Waals surface area contributed by atoms with Gasteiger partial charge in [0.15, 0.2) is 5.82 Å². The second kappa shape index (κ2) is 5.84. The van der Waals surface area contributed by atoms with Crippen LogP contribution in [0.5, 0.6) is 5.75 Å². The van der Waals surface area contributed by atoms with Crippen molar-refractivity contribution in [1.82, 2.24) is 15.5 Å². The van der Waals surface area contributed by atoms with Gasteiger partial charge in [0.05, 0.1) is 16.6 Å². The Kier molecular flexibility index (Phi) is 4.27. The first kappa shape index (κ1) is 16.1. The number of aromatic nitrogens is 2. The summed E-state index contributed by atoms with van der Waals surface area (Å²) in [6.45, 7) is 1.37. The van der Waals surface area contributed by atoms with Gasteiger partial charge in [0.25, 0.3) is 5.91 Å². The molecule has 0 aliphatic heterocycles. The number of benzene rings is 1. The number of nitrogens with zero attached hydrogens (tertiary/aromatic N) is 2. The molecule has 1 unspecified atom stereocenters. The fourth-order valence-electron chi connectivity index (χ4n) is 1.55. The Hall–Kier alpha value is -2.29. The fraction of sp³-hybridized carbons (Fsp3) is 0.250. The molecular weight excluding hydrogens is 327 g/mol. The zero-order valence-corrected chi connectivity index (χ0v) is 11.7. The number of carbonyl (C=O) groups excluding carboxylic acids is 1. The van der Waals surface area contributed by atoms with E-state index in [2.05, 4.69) is 20.0 Å². The van der Waals surface area contributed by atoms with Crippen molar-refractivity contribution in [1.29, 1.82) is 0 Å². The first-order valence-electron chi connectivity index (χ1n) is 5.88. The minimum absolute atomic E-state index is 0.0342. The Bertz CT molecular complexity index is 702. The fourth-order valence-corrected chi connectivity index (χ4v) is 1.76. The molecule has 0 bridgehead atoms. The van der Waals surface area contributed by atoms with Crippen LogP contribution in [-0.2, 0) is 6.18 Å². The molecule has 1 amide bonds. The molecule has 1 heterocycles.